The van der Waals surface area contributed by atoms with Gasteiger partial charge in [0.25, 0.3) is 0 Å². The van der Waals surface area contributed by atoms with Gasteiger partial charge in [-0.25, -0.2) is 4.79 Å². The molecule has 0 aromatic heterocycles. The molecule has 1 aromatic rings. The van der Waals surface area contributed by atoms with Gasteiger partial charge < -0.3 is 47.9 Å². The molecule has 1 N–H and O–H groups in total. The quantitative estimate of drug-likeness (QED) is 0.127. The SMILES string of the molecule is CC(=O)NC1C(OCCOCCOCCOCC(=O)OCc2ccccc2)OCC(COC(C)=O)C(OC(C)=O)C1OC(C)=O. The van der Waals surface area contributed by atoms with E-state index in [0.29, 0.717) is 0 Å². The summed E-state index contributed by atoms with van der Waals surface area (Å²) in [4.78, 5) is 59.2. The van der Waals surface area contributed by atoms with Gasteiger partial charge >= 0.3 is 23.9 Å². The van der Waals surface area contributed by atoms with Crippen molar-refractivity contribution in [3.8, 4) is 0 Å². The standard InChI is InChI=1S/C30H43NO14/c1-20(32)31-27-29(45-23(4)35)28(44-22(3)34)25(17-41-21(2)33)18-43-30(27)40-15-14-38-11-10-37-12-13-39-19-26(36)42-16-24-8-6-5-7-9-24/h5-9,25,27-30H,10-19H2,1-4H3,(H,31,32). The molecule has 0 spiro atoms. The van der Waals surface area contributed by atoms with Crippen molar-refractivity contribution in [2.24, 2.45) is 5.92 Å². The first-order chi connectivity index (χ1) is 21.6. The molecule has 1 aliphatic rings. The Kier molecular flexibility index (Phi) is 17.7. The molecule has 252 valence electrons. The van der Waals surface area contributed by atoms with Crippen molar-refractivity contribution in [3.63, 3.8) is 0 Å². The van der Waals surface area contributed by atoms with Gasteiger partial charge in [0.2, 0.25) is 5.91 Å². The van der Waals surface area contributed by atoms with Crippen LogP contribution in [0.15, 0.2) is 30.3 Å². The molecule has 0 saturated carbocycles. The molecule has 5 atom stereocenters. The van der Waals surface area contributed by atoms with Crippen LogP contribution in [0.4, 0.5) is 0 Å². The molecule has 0 bridgehead atoms. The average molecular weight is 642 g/mol. The van der Waals surface area contributed by atoms with Crippen LogP contribution in [0.5, 0.6) is 0 Å². The van der Waals surface area contributed by atoms with E-state index in [1.807, 2.05) is 30.3 Å². The number of carbonyl (C=O) groups is 5. The predicted octanol–water partition coefficient (Wildman–Crippen LogP) is 0.700. The van der Waals surface area contributed by atoms with E-state index in [0.717, 1.165) is 5.56 Å². The molecule has 2 rings (SSSR count). The Balaban J connectivity index is 1.77. The van der Waals surface area contributed by atoms with Crippen molar-refractivity contribution in [1.82, 2.24) is 5.32 Å². The number of rotatable bonds is 19. The second kappa shape index (κ2) is 21.2. The lowest BCUT2D eigenvalue weighted by molar-refractivity contribution is -0.188. The van der Waals surface area contributed by atoms with Crippen molar-refractivity contribution < 1.29 is 66.6 Å². The molecular formula is C30H43NO14. The summed E-state index contributed by atoms with van der Waals surface area (Å²) in [6.45, 7) is 5.61. The first-order valence-electron chi connectivity index (χ1n) is 14.5. The zero-order valence-corrected chi connectivity index (χ0v) is 26.1. The summed E-state index contributed by atoms with van der Waals surface area (Å²) in [7, 11) is 0. The zero-order chi connectivity index (χ0) is 33.0. The van der Waals surface area contributed by atoms with Crippen LogP contribution in [0.3, 0.4) is 0 Å². The summed E-state index contributed by atoms with van der Waals surface area (Å²) in [6.07, 6.45) is -3.46. The number of benzene rings is 1. The topological polar surface area (TPSA) is 180 Å². The summed E-state index contributed by atoms with van der Waals surface area (Å²) in [5.41, 5.74) is 0.887. The molecule has 1 aromatic carbocycles. The van der Waals surface area contributed by atoms with Crippen molar-refractivity contribution in [2.45, 2.75) is 58.8 Å². The molecule has 15 heteroatoms. The van der Waals surface area contributed by atoms with Crippen LogP contribution < -0.4 is 5.32 Å². The molecule has 1 aliphatic heterocycles. The Bertz CT molecular complexity index is 1070. The highest BCUT2D eigenvalue weighted by Crippen LogP contribution is 2.27. The normalized spacial score (nSPS) is 21.2. The second-order valence-electron chi connectivity index (χ2n) is 9.93. The van der Waals surface area contributed by atoms with E-state index < -0.39 is 60.2 Å². The van der Waals surface area contributed by atoms with Gasteiger partial charge in [-0.2, -0.15) is 0 Å². The van der Waals surface area contributed by atoms with E-state index >= 15 is 0 Å². The summed E-state index contributed by atoms with van der Waals surface area (Å²) < 4.78 is 49.1. The molecule has 0 aliphatic carbocycles. The van der Waals surface area contributed by atoms with E-state index in [9.17, 15) is 24.0 Å². The van der Waals surface area contributed by atoms with Crippen molar-refractivity contribution in [3.05, 3.63) is 35.9 Å². The van der Waals surface area contributed by atoms with Crippen molar-refractivity contribution in [1.29, 1.82) is 0 Å². The van der Waals surface area contributed by atoms with Crippen LogP contribution in [0, 0.1) is 5.92 Å². The Hall–Kier alpha value is -3.63. The third-order valence-corrected chi connectivity index (χ3v) is 6.10. The van der Waals surface area contributed by atoms with Gasteiger partial charge in [0.1, 0.15) is 25.4 Å². The number of ether oxygens (including phenoxy) is 9. The third-order valence-electron chi connectivity index (χ3n) is 6.10. The van der Waals surface area contributed by atoms with Gasteiger partial charge in [0.15, 0.2) is 12.4 Å². The Labute approximate surface area is 262 Å². The minimum atomic E-state index is -1.22. The highest BCUT2D eigenvalue weighted by atomic mass is 16.7. The van der Waals surface area contributed by atoms with Crippen LogP contribution in [0.2, 0.25) is 0 Å². The van der Waals surface area contributed by atoms with Crippen molar-refractivity contribution >= 4 is 29.8 Å². The van der Waals surface area contributed by atoms with E-state index in [-0.39, 0.29) is 66.1 Å². The predicted molar refractivity (Wildman–Crippen MR) is 153 cm³/mol. The molecule has 45 heavy (non-hydrogen) atoms. The van der Waals surface area contributed by atoms with Gasteiger partial charge in [-0.3, -0.25) is 19.2 Å². The zero-order valence-electron chi connectivity index (χ0n) is 26.1. The van der Waals surface area contributed by atoms with Crippen molar-refractivity contribution in [2.75, 3.05) is 59.5 Å². The van der Waals surface area contributed by atoms with Crippen LogP contribution in [0.25, 0.3) is 0 Å². The largest absolute Gasteiger partial charge is 0.465 e. The third kappa shape index (κ3) is 15.8. The Morgan fingerprint density at radius 3 is 1.96 bits per heavy atom. The number of esters is 4. The molecule has 1 heterocycles. The summed E-state index contributed by atoms with van der Waals surface area (Å²) in [5.74, 6) is -3.61. The van der Waals surface area contributed by atoms with Gasteiger partial charge in [0, 0.05) is 27.7 Å². The minimum absolute atomic E-state index is 0.0224. The van der Waals surface area contributed by atoms with Crippen LogP contribution >= 0.6 is 0 Å². The fourth-order valence-electron chi connectivity index (χ4n) is 4.23. The fourth-order valence-corrected chi connectivity index (χ4v) is 4.23. The van der Waals surface area contributed by atoms with E-state index in [2.05, 4.69) is 5.32 Å². The number of hydrogen-bond donors (Lipinski definition) is 1. The molecule has 1 fully saturated rings. The maximum absolute atomic E-state index is 12.1. The van der Waals surface area contributed by atoms with Gasteiger partial charge in [-0.15, -0.1) is 0 Å². The number of nitrogens with one attached hydrogen (secondary N) is 1. The minimum Gasteiger partial charge on any atom is -0.465 e. The Morgan fingerprint density at radius 1 is 0.756 bits per heavy atom. The van der Waals surface area contributed by atoms with Gasteiger partial charge in [-0.1, -0.05) is 30.3 Å². The first-order valence-corrected chi connectivity index (χ1v) is 14.5. The summed E-state index contributed by atoms with van der Waals surface area (Å²) in [5, 5.41) is 2.66. The maximum atomic E-state index is 12.1. The monoisotopic (exact) mass is 641 g/mol. The Morgan fingerprint density at radius 2 is 1.36 bits per heavy atom. The van der Waals surface area contributed by atoms with E-state index in [4.69, 9.17) is 42.6 Å². The second-order valence-corrected chi connectivity index (χ2v) is 9.93. The smallest absolute Gasteiger partial charge is 0.332 e. The highest BCUT2D eigenvalue weighted by molar-refractivity contribution is 5.73. The average Bonchev–Trinajstić information content (AvgIpc) is 3.10. The first kappa shape index (κ1) is 37.6. The maximum Gasteiger partial charge on any atom is 0.332 e. The van der Waals surface area contributed by atoms with Crippen LogP contribution in [0.1, 0.15) is 33.3 Å². The fraction of sp³-hybridized carbons (Fsp3) is 0.633. The molecule has 15 nitrogen and oxygen atoms in total. The van der Waals surface area contributed by atoms with Gasteiger partial charge in [0.05, 0.1) is 58.8 Å². The molecule has 0 radical (unpaired) electrons. The van der Waals surface area contributed by atoms with E-state index in [1.165, 1.54) is 27.7 Å². The highest BCUT2D eigenvalue weighted by Gasteiger charge is 2.48. The van der Waals surface area contributed by atoms with E-state index in [1.54, 1.807) is 0 Å². The molecule has 1 saturated heterocycles. The van der Waals surface area contributed by atoms with Crippen LogP contribution in [-0.2, 0) is 73.2 Å². The van der Waals surface area contributed by atoms with Crippen LogP contribution in [-0.4, -0.2) is 114 Å². The summed E-state index contributed by atoms with van der Waals surface area (Å²) in [6, 6.07) is 8.25. The number of carbonyl (C=O) groups excluding carboxylic acids is 5. The molecule has 1 amide bonds. The van der Waals surface area contributed by atoms with Gasteiger partial charge in [-0.05, 0) is 5.56 Å². The lowest BCUT2D eigenvalue weighted by atomic mass is 9.95. The number of amides is 1. The molecule has 5 unspecified atom stereocenters. The lowest BCUT2D eigenvalue weighted by Gasteiger charge is -2.34. The molecular weight excluding hydrogens is 598 g/mol. The lowest BCUT2D eigenvalue weighted by Crippen LogP contribution is -2.57. The number of hydrogen-bond acceptors (Lipinski definition) is 14. The summed E-state index contributed by atoms with van der Waals surface area (Å²) >= 11 is 0.